The van der Waals surface area contributed by atoms with Gasteiger partial charge in [0.2, 0.25) is 15.9 Å². The van der Waals surface area contributed by atoms with Gasteiger partial charge in [0.25, 0.3) is 0 Å². The van der Waals surface area contributed by atoms with Gasteiger partial charge < -0.3 is 29.7 Å². The number of anilines is 4. The summed E-state index contributed by atoms with van der Waals surface area (Å²) in [6, 6.07) is 9.85. The van der Waals surface area contributed by atoms with Crippen LogP contribution in [0.2, 0.25) is 0 Å². The molecule has 3 aliphatic rings. The van der Waals surface area contributed by atoms with E-state index in [4.69, 9.17) is 9.72 Å². The smallest absolute Gasteiger partial charge is 0.410 e. The van der Waals surface area contributed by atoms with Crippen molar-refractivity contribution in [2.45, 2.75) is 82.0 Å². The van der Waals surface area contributed by atoms with Crippen LogP contribution in [-0.4, -0.2) is 99.2 Å². The van der Waals surface area contributed by atoms with Crippen molar-refractivity contribution >= 4 is 45.0 Å². The van der Waals surface area contributed by atoms with Gasteiger partial charge in [-0.3, -0.25) is 4.79 Å². The van der Waals surface area contributed by atoms with Gasteiger partial charge in [-0.1, -0.05) is 6.07 Å². The lowest BCUT2D eigenvalue weighted by Gasteiger charge is -2.46. The lowest BCUT2D eigenvalue weighted by atomic mass is 9.99. The first-order chi connectivity index (χ1) is 20.7. The van der Waals surface area contributed by atoms with Crippen molar-refractivity contribution < 1.29 is 22.7 Å². The van der Waals surface area contributed by atoms with Crippen molar-refractivity contribution in [3.05, 3.63) is 36.4 Å². The highest BCUT2D eigenvalue weighted by Crippen LogP contribution is 2.38. The number of carbonyl (C=O) groups is 2. The summed E-state index contributed by atoms with van der Waals surface area (Å²) in [5.41, 5.74) is 0.729. The highest BCUT2D eigenvalue weighted by Gasteiger charge is 2.40. The zero-order valence-corrected chi connectivity index (χ0v) is 27.4. The fourth-order valence-corrected chi connectivity index (χ4v) is 7.46. The number of benzene rings is 1. The summed E-state index contributed by atoms with van der Waals surface area (Å²) in [6.45, 7) is 10.2. The van der Waals surface area contributed by atoms with Gasteiger partial charge in [-0.15, -0.1) is 0 Å². The van der Waals surface area contributed by atoms with E-state index < -0.39 is 21.7 Å². The Morgan fingerprint density at radius 2 is 1.68 bits per heavy atom. The molecule has 2 aromatic rings. The Bertz CT molecular complexity index is 1480. The van der Waals surface area contributed by atoms with E-state index in [1.165, 1.54) is 0 Å². The fourth-order valence-electron chi connectivity index (χ4n) is 6.11. The molecule has 1 atom stereocenters. The van der Waals surface area contributed by atoms with Crippen molar-refractivity contribution in [2.24, 2.45) is 0 Å². The summed E-state index contributed by atoms with van der Waals surface area (Å²) >= 11 is 0. The number of likely N-dealkylation sites (N-methyl/N-ethyl adjacent to an activating group) is 1. The second-order valence-corrected chi connectivity index (χ2v) is 14.8. The fraction of sp³-hybridized carbons (Fsp3) is 0.581. The molecule has 240 valence electrons. The zero-order valence-electron chi connectivity index (χ0n) is 26.5. The van der Waals surface area contributed by atoms with Crippen LogP contribution in [0.5, 0.6) is 0 Å². The molecule has 0 unspecified atom stereocenters. The third kappa shape index (κ3) is 7.10. The second-order valence-electron chi connectivity index (χ2n) is 13.1. The van der Waals surface area contributed by atoms with Crippen LogP contribution in [0.4, 0.5) is 27.8 Å². The first-order valence-electron chi connectivity index (χ1n) is 15.3. The number of pyridine rings is 1. The molecule has 4 heterocycles. The van der Waals surface area contributed by atoms with E-state index in [0.29, 0.717) is 48.9 Å². The molecule has 2 amide bonds. The quantitative estimate of drug-likeness (QED) is 0.492. The molecule has 0 bridgehead atoms. The highest BCUT2D eigenvalue weighted by atomic mass is 32.2. The number of aromatic nitrogens is 1. The van der Waals surface area contributed by atoms with E-state index in [1.54, 1.807) is 47.2 Å². The van der Waals surface area contributed by atoms with Crippen molar-refractivity contribution in [1.29, 1.82) is 0 Å². The maximum Gasteiger partial charge on any atom is 0.410 e. The third-order valence-electron chi connectivity index (χ3n) is 8.53. The van der Waals surface area contributed by atoms with Crippen LogP contribution in [0.1, 0.15) is 53.4 Å². The number of hydrogen-bond acceptors (Lipinski definition) is 9. The van der Waals surface area contributed by atoms with Crippen molar-refractivity contribution in [3.8, 4) is 0 Å². The molecule has 12 nitrogen and oxygen atoms in total. The van der Waals surface area contributed by atoms with Gasteiger partial charge in [0.05, 0.1) is 10.6 Å². The molecule has 0 spiro atoms. The number of ether oxygens (including phenoxy) is 1. The molecule has 5 rings (SSSR count). The first-order valence-corrected chi connectivity index (χ1v) is 16.8. The highest BCUT2D eigenvalue weighted by molar-refractivity contribution is 7.89. The molecule has 13 heteroatoms. The van der Waals surface area contributed by atoms with Crippen molar-refractivity contribution in [2.75, 3.05) is 55.4 Å². The van der Waals surface area contributed by atoms with E-state index >= 15 is 0 Å². The topological polar surface area (TPSA) is 127 Å². The van der Waals surface area contributed by atoms with Crippen molar-refractivity contribution in [1.82, 2.24) is 19.5 Å². The Hall–Kier alpha value is -3.42. The molecule has 0 saturated carbocycles. The molecule has 2 fully saturated rings. The van der Waals surface area contributed by atoms with Crippen LogP contribution in [0.15, 0.2) is 41.3 Å². The van der Waals surface area contributed by atoms with Gasteiger partial charge in [-0.2, -0.15) is 0 Å². The molecule has 0 aliphatic carbocycles. The number of sulfonamides is 1. The Morgan fingerprint density at radius 3 is 2.34 bits per heavy atom. The standard InChI is InChI=1S/C31H45N7O5S/c1-21-29(39)36(6)26-10-11-27(33-28(26)38(21)24-14-18-37(19-15-24)30(40)43-31(2,3)4)32-23-8-7-9-25(20-23)44(41,42)34-22-12-16-35(5)17-13-22/h7-11,20-22,24,34H,12-19H2,1-6H3,(H,32,33)/t21-/m1/s1. The number of carbonyl (C=O) groups excluding carboxylic acids is 2. The molecular weight excluding hydrogens is 582 g/mol. The van der Waals surface area contributed by atoms with Gasteiger partial charge in [0.15, 0.2) is 5.82 Å². The van der Waals surface area contributed by atoms with Gasteiger partial charge in [-0.25, -0.2) is 22.9 Å². The van der Waals surface area contributed by atoms with Crippen molar-refractivity contribution in [3.63, 3.8) is 0 Å². The normalized spacial score (nSPS) is 20.9. The number of likely N-dealkylation sites (tertiary alicyclic amines) is 2. The Morgan fingerprint density at radius 1 is 1.00 bits per heavy atom. The molecule has 44 heavy (non-hydrogen) atoms. The third-order valence-corrected chi connectivity index (χ3v) is 10.1. The average Bonchev–Trinajstić information content (AvgIpc) is 2.97. The van der Waals surface area contributed by atoms with Crippen LogP contribution in [-0.2, 0) is 19.6 Å². The molecule has 0 radical (unpaired) electrons. The number of nitrogens with one attached hydrogen (secondary N) is 2. The van der Waals surface area contributed by atoms with Crippen LogP contribution in [0.25, 0.3) is 0 Å². The lowest BCUT2D eigenvalue weighted by Crippen LogP contribution is -2.57. The summed E-state index contributed by atoms with van der Waals surface area (Å²) in [5, 5.41) is 3.27. The van der Waals surface area contributed by atoms with Gasteiger partial charge >= 0.3 is 6.09 Å². The SMILES string of the molecule is C[C@@H]1C(=O)N(C)c2ccc(Nc3cccc(S(=O)(=O)NC4CCN(C)CC4)c3)nc2N1C1CCN(C(=O)OC(C)(C)C)CC1. The van der Waals surface area contributed by atoms with Crippen LogP contribution in [0.3, 0.4) is 0 Å². The molecule has 3 aliphatic heterocycles. The Labute approximate surface area is 260 Å². The number of fused-ring (bicyclic) bond motifs is 1. The lowest BCUT2D eigenvalue weighted by molar-refractivity contribution is -0.119. The van der Waals surface area contributed by atoms with E-state index in [-0.39, 0.29) is 29.0 Å². The number of amides is 2. The molecule has 2 saturated heterocycles. The molecule has 1 aromatic carbocycles. The minimum absolute atomic E-state index is 0.00181. The minimum Gasteiger partial charge on any atom is -0.444 e. The summed E-state index contributed by atoms with van der Waals surface area (Å²) in [5.74, 6) is 1.19. The monoisotopic (exact) mass is 627 g/mol. The molecular formula is C31H45N7O5S. The molecule has 2 N–H and O–H groups in total. The minimum atomic E-state index is -3.69. The number of hydrogen-bond donors (Lipinski definition) is 2. The molecule has 1 aromatic heterocycles. The van der Waals surface area contributed by atoms with Crippen LogP contribution >= 0.6 is 0 Å². The predicted octanol–water partition coefficient (Wildman–Crippen LogP) is 3.77. The van der Waals surface area contributed by atoms with E-state index in [1.807, 2.05) is 40.8 Å². The Kier molecular flexibility index (Phi) is 9.11. The number of piperidine rings is 2. The number of nitrogens with zero attached hydrogens (tertiary/aromatic N) is 5. The van der Waals surface area contributed by atoms with E-state index in [2.05, 4.69) is 19.8 Å². The average molecular weight is 628 g/mol. The summed E-state index contributed by atoms with van der Waals surface area (Å²) in [7, 11) is 0.102. The van der Waals surface area contributed by atoms with Gasteiger partial charge in [-0.05, 0) is 104 Å². The van der Waals surface area contributed by atoms with Crippen LogP contribution in [0, 0.1) is 0 Å². The zero-order chi connectivity index (χ0) is 31.8. The van der Waals surface area contributed by atoms with Crippen LogP contribution < -0.4 is 19.8 Å². The maximum absolute atomic E-state index is 13.2. The second kappa shape index (κ2) is 12.5. The summed E-state index contributed by atoms with van der Waals surface area (Å²) < 4.78 is 34.8. The van der Waals surface area contributed by atoms with Gasteiger partial charge in [0.1, 0.15) is 17.5 Å². The van der Waals surface area contributed by atoms with E-state index in [9.17, 15) is 18.0 Å². The van der Waals surface area contributed by atoms with Gasteiger partial charge in [0, 0.05) is 37.9 Å². The number of rotatable bonds is 6. The Balaban J connectivity index is 1.33. The summed E-state index contributed by atoms with van der Waals surface area (Å²) in [6.07, 6.45) is 2.57. The maximum atomic E-state index is 13.2. The predicted molar refractivity (Wildman–Crippen MR) is 171 cm³/mol. The summed E-state index contributed by atoms with van der Waals surface area (Å²) in [4.78, 5) is 38.6. The van der Waals surface area contributed by atoms with E-state index in [0.717, 1.165) is 25.9 Å². The largest absolute Gasteiger partial charge is 0.444 e. The first kappa shape index (κ1) is 32.0.